The zero-order chi connectivity index (χ0) is 12.0. The summed E-state index contributed by atoms with van der Waals surface area (Å²) < 4.78 is 0. The van der Waals surface area contributed by atoms with Crippen LogP contribution in [0.5, 0.6) is 0 Å². The summed E-state index contributed by atoms with van der Waals surface area (Å²) in [5.74, 6) is 0. The minimum atomic E-state index is -0.561. The molecular weight excluding hydrogens is 200 g/mol. The third kappa shape index (κ3) is 1.56. The van der Waals surface area contributed by atoms with Crippen molar-refractivity contribution in [1.29, 1.82) is 0 Å². The fraction of sp³-hybridized carbons (Fsp3) is 0.462. The molecule has 0 fully saturated rings. The molecule has 1 heterocycles. The van der Waals surface area contributed by atoms with Crippen molar-refractivity contribution in [3.63, 3.8) is 0 Å². The van der Waals surface area contributed by atoms with E-state index in [0.717, 1.165) is 11.3 Å². The van der Waals surface area contributed by atoms with Crippen LogP contribution >= 0.6 is 0 Å². The van der Waals surface area contributed by atoms with E-state index in [1.54, 1.807) is 0 Å². The van der Waals surface area contributed by atoms with Crippen molar-refractivity contribution in [2.75, 3.05) is 0 Å². The summed E-state index contributed by atoms with van der Waals surface area (Å²) in [5.41, 5.74) is 0.984. The predicted octanol–water partition coefficient (Wildman–Crippen LogP) is 2.70. The van der Waals surface area contributed by atoms with Crippen LogP contribution in [-0.4, -0.2) is 27.2 Å². The average Bonchev–Trinajstić information content (AvgIpc) is 2.40. The molecule has 1 aromatic carbocycles. The number of rotatable bonds is 1. The second-order valence-corrected chi connectivity index (χ2v) is 5.19. The fourth-order valence-electron chi connectivity index (χ4n) is 2.26. The first-order valence-electron chi connectivity index (χ1n) is 5.51. The molecule has 16 heavy (non-hydrogen) atoms. The molecule has 0 radical (unpaired) electrons. The number of aliphatic imine (C=N–C) groups is 1. The molecular formula is C13H18N2O. The number of nitrogens with zero attached hydrogens (tertiary/aromatic N) is 2. The van der Waals surface area contributed by atoms with Gasteiger partial charge in [0.2, 0.25) is 0 Å². The van der Waals surface area contributed by atoms with Crippen molar-refractivity contribution in [3.05, 3.63) is 35.9 Å². The minimum Gasteiger partial charge on any atom is -0.311 e. The third-order valence-corrected chi connectivity index (χ3v) is 3.06. The topological polar surface area (TPSA) is 35.8 Å². The van der Waals surface area contributed by atoms with E-state index >= 15 is 0 Å². The van der Waals surface area contributed by atoms with Crippen LogP contribution in [0.4, 0.5) is 0 Å². The standard InChI is InChI=1S/C13H18N2O/c1-12(2)11(10-8-6-5-7-9-10)14-13(3,4)15(12)16/h5-9,16H,1-4H3. The highest BCUT2D eigenvalue weighted by Gasteiger charge is 2.47. The van der Waals surface area contributed by atoms with Gasteiger partial charge in [-0.3, -0.25) is 4.99 Å². The zero-order valence-electron chi connectivity index (χ0n) is 10.2. The van der Waals surface area contributed by atoms with Gasteiger partial charge in [-0.1, -0.05) is 30.3 Å². The van der Waals surface area contributed by atoms with Crippen molar-refractivity contribution >= 4 is 5.71 Å². The molecule has 0 saturated carbocycles. The molecule has 0 bridgehead atoms. The summed E-state index contributed by atoms with van der Waals surface area (Å²) >= 11 is 0. The van der Waals surface area contributed by atoms with E-state index in [4.69, 9.17) is 0 Å². The highest BCUT2D eigenvalue weighted by Crippen LogP contribution is 2.35. The van der Waals surface area contributed by atoms with Gasteiger partial charge in [0.05, 0.1) is 11.3 Å². The highest BCUT2D eigenvalue weighted by molar-refractivity contribution is 6.08. The quantitative estimate of drug-likeness (QED) is 0.786. The zero-order valence-corrected chi connectivity index (χ0v) is 10.2. The minimum absolute atomic E-state index is 0.454. The molecule has 0 atom stereocenters. The predicted molar refractivity (Wildman–Crippen MR) is 64.8 cm³/mol. The van der Waals surface area contributed by atoms with Gasteiger partial charge in [-0.15, -0.1) is 0 Å². The van der Waals surface area contributed by atoms with Crippen LogP contribution in [0, 0.1) is 0 Å². The second-order valence-electron chi connectivity index (χ2n) is 5.19. The first kappa shape index (κ1) is 11.3. The molecule has 0 unspecified atom stereocenters. The molecule has 3 nitrogen and oxygen atoms in total. The molecule has 0 aromatic heterocycles. The van der Waals surface area contributed by atoms with Gasteiger partial charge in [0.25, 0.3) is 0 Å². The summed E-state index contributed by atoms with van der Waals surface area (Å²) in [6.07, 6.45) is 0. The van der Waals surface area contributed by atoms with Crippen molar-refractivity contribution in [2.24, 2.45) is 4.99 Å². The van der Waals surface area contributed by atoms with Gasteiger partial charge in [0.1, 0.15) is 5.66 Å². The van der Waals surface area contributed by atoms with Crippen LogP contribution in [0.3, 0.4) is 0 Å². The molecule has 1 N–H and O–H groups in total. The Bertz CT molecular complexity index is 421. The van der Waals surface area contributed by atoms with Crippen molar-refractivity contribution in [3.8, 4) is 0 Å². The van der Waals surface area contributed by atoms with Crippen LogP contribution in [0.25, 0.3) is 0 Å². The second kappa shape index (κ2) is 3.40. The van der Waals surface area contributed by atoms with E-state index < -0.39 is 11.2 Å². The van der Waals surface area contributed by atoms with Crippen molar-refractivity contribution in [2.45, 2.75) is 38.9 Å². The summed E-state index contributed by atoms with van der Waals surface area (Å²) in [6, 6.07) is 10.0. The SMILES string of the molecule is CC1(C)N=C(c2ccccc2)C(C)(C)N1O. The monoisotopic (exact) mass is 218 g/mol. The van der Waals surface area contributed by atoms with E-state index in [9.17, 15) is 5.21 Å². The fourth-order valence-corrected chi connectivity index (χ4v) is 2.26. The van der Waals surface area contributed by atoms with E-state index in [-0.39, 0.29) is 0 Å². The summed E-state index contributed by atoms with van der Waals surface area (Å²) in [4.78, 5) is 4.62. The lowest BCUT2D eigenvalue weighted by Crippen LogP contribution is -2.50. The molecule has 0 spiro atoms. The van der Waals surface area contributed by atoms with Gasteiger partial charge in [-0.25, -0.2) is 0 Å². The van der Waals surface area contributed by atoms with Crippen LogP contribution in [-0.2, 0) is 0 Å². The molecule has 0 amide bonds. The van der Waals surface area contributed by atoms with Crippen LogP contribution in [0.15, 0.2) is 35.3 Å². The third-order valence-electron chi connectivity index (χ3n) is 3.06. The Kier molecular flexibility index (Phi) is 2.40. The Morgan fingerprint density at radius 1 is 1.06 bits per heavy atom. The number of benzene rings is 1. The summed E-state index contributed by atoms with van der Waals surface area (Å²) in [7, 11) is 0. The molecule has 2 rings (SSSR count). The smallest absolute Gasteiger partial charge is 0.131 e. The summed E-state index contributed by atoms with van der Waals surface area (Å²) in [6.45, 7) is 7.77. The normalized spacial score (nSPS) is 23.2. The first-order valence-corrected chi connectivity index (χ1v) is 5.51. The van der Waals surface area contributed by atoms with Crippen LogP contribution in [0.1, 0.15) is 33.3 Å². The lowest BCUT2D eigenvalue weighted by Gasteiger charge is -2.33. The van der Waals surface area contributed by atoms with Crippen molar-refractivity contribution in [1.82, 2.24) is 5.06 Å². The van der Waals surface area contributed by atoms with Gasteiger partial charge in [0.15, 0.2) is 0 Å². The van der Waals surface area contributed by atoms with Gasteiger partial charge in [-0.2, -0.15) is 5.06 Å². The lowest BCUT2D eigenvalue weighted by molar-refractivity contribution is -0.188. The van der Waals surface area contributed by atoms with Crippen molar-refractivity contribution < 1.29 is 5.21 Å². The van der Waals surface area contributed by atoms with Gasteiger partial charge >= 0.3 is 0 Å². The Morgan fingerprint density at radius 3 is 2.06 bits per heavy atom. The van der Waals surface area contributed by atoms with Gasteiger partial charge in [-0.05, 0) is 33.3 Å². The van der Waals surface area contributed by atoms with Gasteiger partial charge in [0, 0.05) is 0 Å². The summed E-state index contributed by atoms with van der Waals surface area (Å²) in [5, 5.41) is 11.5. The van der Waals surface area contributed by atoms with Crippen LogP contribution < -0.4 is 0 Å². The largest absolute Gasteiger partial charge is 0.311 e. The Hall–Kier alpha value is -1.19. The van der Waals surface area contributed by atoms with E-state index in [1.165, 1.54) is 5.06 Å². The van der Waals surface area contributed by atoms with Gasteiger partial charge < -0.3 is 5.21 Å². The van der Waals surface area contributed by atoms with Crippen LogP contribution in [0.2, 0.25) is 0 Å². The Morgan fingerprint density at radius 2 is 1.62 bits per heavy atom. The molecule has 1 aromatic rings. The maximum atomic E-state index is 10.1. The Labute approximate surface area is 96.4 Å². The number of hydrogen-bond donors (Lipinski definition) is 1. The molecule has 0 aliphatic carbocycles. The Balaban J connectivity index is 2.50. The molecule has 86 valence electrons. The molecule has 0 saturated heterocycles. The first-order chi connectivity index (χ1) is 7.36. The maximum absolute atomic E-state index is 10.1. The van der Waals surface area contributed by atoms with E-state index in [1.807, 2.05) is 58.0 Å². The molecule has 1 aliphatic rings. The molecule has 3 heteroatoms. The average molecular weight is 218 g/mol. The van der Waals surface area contributed by atoms with E-state index in [0.29, 0.717) is 0 Å². The lowest BCUT2D eigenvalue weighted by atomic mass is 9.93. The number of hydrogen-bond acceptors (Lipinski definition) is 3. The number of hydroxylamine groups is 2. The maximum Gasteiger partial charge on any atom is 0.131 e. The molecule has 1 aliphatic heterocycles. The highest BCUT2D eigenvalue weighted by atomic mass is 16.5. The van der Waals surface area contributed by atoms with E-state index in [2.05, 4.69) is 4.99 Å².